The lowest BCUT2D eigenvalue weighted by Gasteiger charge is -2.18. The zero-order chi connectivity index (χ0) is 29.4. The molecule has 212 valence electrons. The molecule has 0 aliphatic carbocycles. The number of hydrogen-bond donors (Lipinski definition) is 7. The fourth-order valence-corrected chi connectivity index (χ4v) is 4.58. The number of H-pyrrole nitrogens is 2. The van der Waals surface area contributed by atoms with Crippen LogP contribution >= 0.6 is 0 Å². The third-order valence-corrected chi connectivity index (χ3v) is 6.78. The summed E-state index contributed by atoms with van der Waals surface area (Å²) in [5.41, 5.74) is 16.1. The summed E-state index contributed by atoms with van der Waals surface area (Å²) in [5.74, 6) is -2.53. The number of nitrogens with one attached hydrogen (secondary N) is 3. The lowest BCUT2D eigenvalue weighted by Crippen LogP contribution is -2.50. The van der Waals surface area contributed by atoms with E-state index in [0.717, 1.165) is 38.5 Å². The highest BCUT2D eigenvalue weighted by molar-refractivity contribution is 5.88. The van der Waals surface area contributed by atoms with E-state index in [-0.39, 0.29) is 6.42 Å². The average Bonchev–Trinajstić information content (AvgIpc) is 3.57. The van der Waals surface area contributed by atoms with Crippen LogP contribution in [0.1, 0.15) is 16.7 Å². The van der Waals surface area contributed by atoms with Gasteiger partial charge in [0, 0.05) is 47.0 Å². The van der Waals surface area contributed by atoms with Gasteiger partial charge >= 0.3 is 11.9 Å². The van der Waals surface area contributed by atoms with Crippen molar-refractivity contribution in [2.24, 2.45) is 11.5 Å². The predicted molar refractivity (Wildman–Crippen MR) is 157 cm³/mol. The maximum absolute atomic E-state index is 12.3. The van der Waals surface area contributed by atoms with Gasteiger partial charge < -0.3 is 37.0 Å². The Morgan fingerprint density at radius 3 is 1.71 bits per heavy atom. The Hall–Kier alpha value is -4.93. The van der Waals surface area contributed by atoms with E-state index in [1.165, 1.54) is 0 Å². The molecule has 0 unspecified atom stereocenters. The molecule has 41 heavy (non-hydrogen) atoms. The summed E-state index contributed by atoms with van der Waals surface area (Å²) in [5, 5.41) is 22.8. The highest BCUT2D eigenvalue weighted by Crippen LogP contribution is 2.20. The summed E-state index contributed by atoms with van der Waals surface area (Å²) in [6, 6.07) is 22.1. The van der Waals surface area contributed by atoms with Crippen LogP contribution in [0.15, 0.2) is 91.3 Å². The monoisotopic (exact) mass is 555 g/mol. The fourth-order valence-electron chi connectivity index (χ4n) is 4.58. The van der Waals surface area contributed by atoms with E-state index in [1.54, 1.807) is 6.20 Å². The second-order valence-corrected chi connectivity index (χ2v) is 9.77. The Balaban J connectivity index is 0.000000218. The van der Waals surface area contributed by atoms with Crippen LogP contribution in [0.2, 0.25) is 0 Å². The van der Waals surface area contributed by atoms with Crippen LogP contribution in [0.5, 0.6) is 0 Å². The maximum Gasteiger partial charge on any atom is 0.326 e. The van der Waals surface area contributed by atoms with Crippen molar-refractivity contribution in [1.82, 2.24) is 15.3 Å². The molecule has 0 saturated heterocycles. The van der Waals surface area contributed by atoms with Crippen LogP contribution < -0.4 is 16.8 Å². The fraction of sp³-hybridized carbons (Fsp3) is 0.194. The molecule has 10 heteroatoms. The Morgan fingerprint density at radius 2 is 1.17 bits per heavy atom. The van der Waals surface area contributed by atoms with E-state index in [1.807, 2.05) is 85.1 Å². The van der Waals surface area contributed by atoms with E-state index >= 15 is 0 Å². The minimum Gasteiger partial charge on any atom is -0.480 e. The molecule has 5 rings (SSSR count). The van der Waals surface area contributed by atoms with E-state index in [0.29, 0.717) is 12.8 Å². The van der Waals surface area contributed by atoms with Crippen LogP contribution in [-0.2, 0) is 33.6 Å². The topological polar surface area (TPSA) is 187 Å². The van der Waals surface area contributed by atoms with Gasteiger partial charge in [-0.2, -0.15) is 0 Å². The first-order chi connectivity index (χ1) is 19.7. The number of carboxylic acids is 2. The number of aromatic amines is 2. The Morgan fingerprint density at radius 1 is 0.659 bits per heavy atom. The maximum atomic E-state index is 12.3. The van der Waals surface area contributed by atoms with Gasteiger partial charge in [-0.3, -0.25) is 9.59 Å². The average molecular weight is 556 g/mol. The van der Waals surface area contributed by atoms with Gasteiger partial charge in [-0.15, -0.1) is 0 Å². The molecular formula is C31H33N5O5. The number of rotatable bonds is 10. The number of para-hydroxylation sites is 2. The van der Waals surface area contributed by atoms with Crippen molar-refractivity contribution in [3.63, 3.8) is 0 Å². The summed E-state index contributed by atoms with van der Waals surface area (Å²) in [6.07, 6.45) is 4.47. The molecule has 5 aromatic rings. The van der Waals surface area contributed by atoms with E-state index in [2.05, 4.69) is 15.3 Å². The van der Waals surface area contributed by atoms with Crippen molar-refractivity contribution in [3.05, 3.63) is 108 Å². The van der Waals surface area contributed by atoms with Crippen LogP contribution in [0, 0.1) is 0 Å². The van der Waals surface area contributed by atoms with Crippen molar-refractivity contribution < 1.29 is 24.6 Å². The Kier molecular flexibility index (Phi) is 9.51. The molecule has 1 amide bonds. The largest absolute Gasteiger partial charge is 0.480 e. The smallest absolute Gasteiger partial charge is 0.326 e. The van der Waals surface area contributed by atoms with Gasteiger partial charge in [-0.1, -0.05) is 66.7 Å². The van der Waals surface area contributed by atoms with E-state index in [4.69, 9.17) is 16.6 Å². The molecule has 0 saturated carbocycles. The van der Waals surface area contributed by atoms with Crippen molar-refractivity contribution >= 4 is 39.7 Å². The first-order valence-electron chi connectivity index (χ1n) is 13.1. The molecule has 10 nitrogen and oxygen atoms in total. The van der Waals surface area contributed by atoms with Crippen molar-refractivity contribution in [3.8, 4) is 0 Å². The second kappa shape index (κ2) is 13.4. The number of nitrogens with two attached hydrogens (primary N) is 2. The zero-order valence-electron chi connectivity index (χ0n) is 22.3. The van der Waals surface area contributed by atoms with E-state index < -0.39 is 36.0 Å². The van der Waals surface area contributed by atoms with Crippen molar-refractivity contribution in [2.45, 2.75) is 37.4 Å². The molecule has 0 radical (unpaired) electrons. The minimum atomic E-state index is -1.09. The molecule has 3 aromatic carbocycles. The van der Waals surface area contributed by atoms with Gasteiger partial charge in [0.25, 0.3) is 0 Å². The van der Waals surface area contributed by atoms with Crippen LogP contribution in [0.4, 0.5) is 0 Å². The summed E-state index contributed by atoms with van der Waals surface area (Å²) in [7, 11) is 0. The summed E-state index contributed by atoms with van der Waals surface area (Å²) < 4.78 is 0. The number of benzene rings is 3. The SMILES string of the molecule is N[C@@H](Cc1c[nH]c2ccccc12)C(=O)O.N[C@@H](Cc1ccccc1)C(=O)N[C@@H](Cc1c[nH]c2ccccc12)C(=O)O. The number of aliphatic carboxylic acids is 2. The summed E-state index contributed by atoms with van der Waals surface area (Å²) in [6.45, 7) is 0. The molecule has 2 heterocycles. The van der Waals surface area contributed by atoms with Gasteiger partial charge in [-0.25, -0.2) is 4.79 Å². The third-order valence-electron chi connectivity index (χ3n) is 6.78. The van der Waals surface area contributed by atoms with Crippen molar-refractivity contribution in [1.29, 1.82) is 0 Å². The normalized spacial score (nSPS) is 13.1. The van der Waals surface area contributed by atoms with Crippen molar-refractivity contribution in [2.75, 3.05) is 0 Å². The van der Waals surface area contributed by atoms with Gasteiger partial charge in [-0.05, 0) is 35.2 Å². The molecule has 0 spiro atoms. The van der Waals surface area contributed by atoms with E-state index in [9.17, 15) is 19.5 Å². The van der Waals surface area contributed by atoms with Gasteiger partial charge in [0.05, 0.1) is 6.04 Å². The summed E-state index contributed by atoms with van der Waals surface area (Å²) in [4.78, 5) is 40.8. The molecule has 0 fully saturated rings. The molecule has 0 aliphatic rings. The highest BCUT2D eigenvalue weighted by atomic mass is 16.4. The Bertz CT molecular complexity index is 1630. The Labute approximate surface area is 236 Å². The lowest BCUT2D eigenvalue weighted by molar-refractivity contribution is -0.142. The number of aromatic nitrogens is 2. The second-order valence-electron chi connectivity index (χ2n) is 9.77. The standard InChI is InChI=1S/C20H21N3O3.C11H12N2O2/c21-16(10-13-6-2-1-3-7-13)19(24)23-18(20(25)26)11-14-12-22-17-9-5-4-8-15(14)17;12-9(11(14)15)5-7-6-13-10-4-2-1-3-8(7)10/h1-9,12,16,18,22H,10-11,21H2,(H,23,24)(H,25,26);1-4,6,9,13H,5,12H2,(H,14,15)/t16-,18-;9-/m00/s1. The molecule has 2 aromatic heterocycles. The first kappa shape index (κ1) is 29.1. The van der Waals surface area contributed by atoms with Crippen LogP contribution in [-0.4, -0.2) is 56.2 Å². The van der Waals surface area contributed by atoms with Gasteiger partial charge in [0.1, 0.15) is 12.1 Å². The predicted octanol–water partition coefficient (Wildman–Crippen LogP) is 2.97. The molecule has 0 bridgehead atoms. The number of carboxylic acid groups (broad SMARTS) is 2. The molecule has 0 aliphatic heterocycles. The molecule has 3 atom stereocenters. The highest BCUT2D eigenvalue weighted by Gasteiger charge is 2.24. The molecular weight excluding hydrogens is 522 g/mol. The van der Waals surface area contributed by atoms with Crippen LogP contribution in [0.3, 0.4) is 0 Å². The molecule has 9 N–H and O–H groups in total. The number of carbonyl (C=O) groups is 3. The number of amides is 1. The quantitative estimate of drug-likeness (QED) is 0.138. The number of carbonyl (C=O) groups excluding carboxylic acids is 1. The zero-order valence-corrected chi connectivity index (χ0v) is 22.3. The van der Waals surface area contributed by atoms with Gasteiger partial charge in [0.2, 0.25) is 5.91 Å². The first-order valence-corrected chi connectivity index (χ1v) is 13.1. The summed E-state index contributed by atoms with van der Waals surface area (Å²) >= 11 is 0. The van der Waals surface area contributed by atoms with Gasteiger partial charge in [0.15, 0.2) is 0 Å². The number of hydrogen-bond acceptors (Lipinski definition) is 5. The third kappa shape index (κ3) is 7.59. The lowest BCUT2D eigenvalue weighted by atomic mass is 10.0. The number of fused-ring (bicyclic) bond motifs is 2. The minimum absolute atomic E-state index is 0.184. The van der Waals surface area contributed by atoms with Crippen LogP contribution in [0.25, 0.3) is 21.8 Å².